The van der Waals surface area contributed by atoms with E-state index in [0.717, 1.165) is 11.0 Å². The highest BCUT2D eigenvalue weighted by Crippen LogP contribution is 2.35. The number of amides is 2. The monoisotopic (exact) mass is 249 g/mol. The van der Waals surface area contributed by atoms with Crippen LogP contribution in [-0.4, -0.2) is 30.2 Å². The Morgan fingerprint density at radius 1 is 1.56 bits per heavy atom. The topological polar surface area (TPSA) is 84.6 Å². The van der Waals surface area contributed by atoms with Crippen LogP contribution in [0.15, 0.2) is 18.2 Å². The molecule has 0 radical (unpaired) electrons. The molecule has 6 nitrogen and oxygen atoms in total. The van der Waals surface area contributed by atoms with E-state index in [9.17, 15) is 14.0 Å². The van der Waals surface area contributed by atoms with E-state index in [1.807, 2.05) is 0 Å². The first-order valence-electron chi connectivity index (χ1n) is 5.02. The van der Waals surface area contributed by atoms with Crippen LogP contribution in [0.3, 0.4) is 0 Å². The number of carboxylic acid groups (broad SMARTS) is 1. The Labute approximate surface area is 101 Å². The maximum atomic E-state index is 13.7. The van der Waals surface area contributed by atoms with Gasteiger partial charge in [0.2, 0.25) is 5.91 Å². The largest absolute Gasteiger partial charge is 0.465 e. The van der Waals surface area contributed by atoms with Gasteiger partial charge in [-0.25, -0.2) is 9.18 Å². The van der Waals surface area contributed by atoms with Gasteiger partial charge in [0.25, 0.3) is 0 Å². The number of halogens is 1. The molecule has 0 bridgehead atoms. The average molecular weight is 249 g/mol. The summed E-state index contributed by atoms with van der Waals surface area (Å²) in [5, 5.41) is 17.6. The van der Waals surface area contributed by atoms with Gasteiger partial charge in [-0.2, -0.15) is 5.26 Å². The summed E-state index contributed by atoms with van der Waals surface area (Å²) in [6, 6.07) is 5.66. The van der Waals surface area contributed by atoms with Crippen LogP contribution in [0.5, 0.6) is 0 Å². The number of nitrogens with zero attached hydrogens (tertiary/aromatic N) is 3. The van der Waals surface area contributed by atoms with E-state index < -0.39 is 24.4 Å². The number of carbonyl (C=O) groups is 2. The summed E-state index contributed by atoms with van der Waals surface area (Å²) in [5.74, 6) is -1.30. The lowest BCUT2D eigenvalue weighted by Gasteiger charge is -2.33. The molecule has 1 aromatic rings. The van der Waals surface area contributed by atoms with Crippen molar-refractivity contribution < 1.29 is 19.1 Å². The fourth-order valence-corrected chi connectivity index (χ4v) is 1.83. The first kappa shape index (κ1) is 11.9. The van der Waals surface area contributed by atoms with Crippen molar-refractivity contribution >= 4 is 23.4 Å². The van der Waals surface area contributed by atoms with Crippen LogP contribution in [-0.2, 0) is 4.79 Å². The molecule has 92 valence electrons. The van der Waals surface area contributed by atoms with Gasteiger partial charge in [0.05, 0.1) is 11.8 Å². The quantitative estimate of drug-likeness (QED) is 0.757. The van der Waals surface area contributed by atoms with E-state index in [1.54, 1.807) is 6.07 Å². The van der Waals surface area contributed by atoms with Gasteiger partial charge < -0.3 is 5.11 Å². The van der Waals surface area contributed by atoms with Crippen molar-refractivity contribution in [1.82, 2.24) is 0 Å². The van der Waals surface area contributed by atoms with Gasteiger partial charge in [0.1, 0.15) is 24.6 Å². The number of rotatable bonds is 1. The highest BCUT2D eigenvalue weighted by molar-refractivity contribution is 6.09. The zero-order valence-corrected chi connectivity index (χ0v) is 9.13. The third kappa shape index (κ3) is 1.73. The Hall–Kier alpha value is -2.62. The third-order valence-electron chi connectivity index (χ3n) is 2.58. The summed E-state index contributed by atoms with van der Waals surface area (Å²) >= 11 is 0. The summed E-state index contributed by atoms with van der Waals surface area (Å²) in [5.41, 5.74) is -0.102. The summed E-state index contributed by atoms with van der Waals surface area (Å²) in [7, 11) is 0. The van der Waals surface area contributed by atoms with Gasteiger partial charge in [0.15, 0.2) is 0 Å². The molecule has 18 heavy (non-hydrogen) atoms. The Balaban J connectivity index is 2.60. The van der Waals surface area contributed by atoms with Crippen molar-refractivity contribution in [3.8, 4) is 6.07 Å². The molecule has 1 aliphatic heterocycles. The van der Waals surface area contributed by atoms with Crippen LogP contribution in [0.25, 0.3) is 0 Å². The fourth-order valence-electron chi connectivity index (χ4n) is 1.83. The van der Waals surface area contributed by atoms with E-state index >= 15 is 0 Å². The zero-order valence-electron chi connectivity index (χ0n) is 9.13. The molecule has 0 fully saturated rings. The minimum Gasteiger partial charge on any atom is -0.465 e. The Bertz CT molecular complexity index is 567. The Kier molecular flexibility index (Phi) is 2.85. The number of carbonyl (C=O) groups excluding carboxylic acids is 1. The van der Waals surface area contributed by atoms with Crippen LogP contribution in [0.2, 0.25) is 0 Å². The molecule has 0 atom stereocenters. The summed E-state index contributed by atoms with van der Waals surface area (Å²) in [6.45, 7) is -0.742. The Morgan fingerprint density at radius 2 is 2.28 bits per heavy atom. The molecule has 2 rings (SSSR count). The van der Waals surface area contributed by atoms with E-state index in [2.05, 4.69) is 0 Å². The van der Waals surface area contributed by atoms with Crippen molar-refractivity contribution in [3.05, 3.63) is 24.0 Å². The number of hydrogen-bond acceptors (Lipinski definition) is 3. The second-order valence-corrected chi connectivity index (χ2v) is 3.61. The van der Waals surface area contributed by atoms with Crippen molar-refractivity contribution in [2.75, 3.05) is 22.9 Å². The molecule has 0 saturated heterocycles. The van der Waals surface area contributed by atoms with Crippen LogP contribution in [0.4, 0.5) is 20.6 Å². The lowest BCUT2D eigenvalue weighted by molar-refractivity contribution is -0.117. The van der Waals surface area contributed by atoms with Crippen LogP contribution >= 0.6 is 0 Å². The minimum absolute atomic E-state index is 0.0928. The van der Waals surface area contributed by atoms with E-state index in [1.165, 1.54) is 12.1 Å². The first-order valence-corrected chi connectivity index (χ1v) is 5.02. The second-order valence-electron chi connectivity index (χ2n) is 3.61. The number of hydrogen-bond donors (Lipinski definition) is 1. The number of para-hydroxylation sites is 1. The van der Waals surface area contributed by atoms with Crippen LogP contribution < -0.4 is 9.80 Å². The SMILES string of the molecule is N#CCN1C(=O)CN(C(=O)O)c2c(F)cccc21. The molecule has 1 heterocycles. The van der Waals surface area contributed by atoms with Gasteiger partial charge in [-0.3, -0.25) is 14.6 Å². The molecule has 1 aromatic carbocycles. The number of benzene rings is 1. The first-order chi connectivity index (χ1) is 8.56. The van der Waals surface area contributed by atoms with Crippen LogP contribution in [0.1, 0.15) is 0 Å². The lowest BCUT2D eigenvalue weighted by Crippen LogP contribution is -2.48. The van der Waals surface area contributed by atoms with Gasteiger partial charge in [-0.05, 0) is 12.1 Å². The molecular formula is C11H8FN3O3. The Morgan fingerprint density at radius 3 is 2.89 bits per heavy atom. The molecule has 0 aliphatic carbocycles. The normalized spacial score (nSPS) is 14.1. The highest BCUT2D eigenvalue weighted by Gasteiger charge is 2.34. The zero-order chi connectivity index (χ0) is 13.3. The summed E-state index contributed by atoms with van der Waals surface area (Å²) < 4.78 is 13.7. The number of nitriles is 1. The average Bonchev–Trinajstić information content (AvgIpc) is 2.32. The minimum atomic E-state index is -1.41. The van der Waals surface area contributed by atoms with E-state index in [-0.39, 0.29) is 17.9 Å². The van der Waals surface area contributed by atoms with Crippen molar-refractivity contribution in [2.45, 2.75) is 0 Å². The summed E-state index contributed by atoms with van der Waals surface area (Å²) in [4.78, 5) is 24.4. The molecule has 2 amide bonds. The second kappa shape index (κ2) is 4.33. The molecule has 7 heteroatoms. The van der Waals surface area contributed by atoms with Gasteiger partial charge in [-0.15, -0.1) is 0 Å². The highest BCUT2D eigenvalue weighted by atomic mass is 19.1. The molecular weight excluding hydrogens is 241 g/mol. The van der Waals surface area contributed by atoms with Crippen LogP contribution in [0, 0.1) is 17.1 Å². The molecule has 0 saturated carbocycles. The molecule has 0 aromatic heterocycles. The molecule has 0 spiro atoms. The predicted octanol–water partition coefficient (Wildman–Crippen LogP) is 1.18. The maximum absolute atomic E-state index is 13.7. The molecule has 1 N–H and O–H groups in total. The van der Waals surface area contributed by atoms with Gasteiger partial charge in [0, 0.05) is 0 Å². The maximum Gasteiger partial charge on any atom is 0.412 e. The molecule has 0 unspecified atom stereocenters. The lowest BCUT2D eigenvalue weighted by atomic mass is 10.1. The van der Waals surface area contributed by atoms with Crippen molar-refractivity contribution in [3.63, 3.8) is 0 Å². The fraction of sp³-hybridized carbons (Fsp3) is 0.182. The molecule has 1 aliphatic rings. The van der Waals surface area contributed by atoms with Crippen molar-refractivity contribution in [1.29, 1.82) is 5.26 Å². The number of fused-ring (bicyclic) bond motifs is 1. The number of anilines is 2. The smallest absolute Gasteiger partial charge is 0.412 e. The standard InChI is InChI=1S/C11H8FN3O3/c12-7-2-1-3-8-10(7)15(11(17)18)6-9(16)14(8)5-4-13/h1-3H,5-6H2,(H,17,18). The third-order valence-corrected chi connectivity index (χ3v) is 2.58. The summed E-state index contributed by atoms with van der Waals surface area (Å²) in [6.07, 6.45) is -1.41. The van der Waals surface area contributed by atoms with Crippen molar-refractivity contribution in [2.24, 2.45) is 0 Å². The van der Waals surface area contributed by atoms with E-state index in [0.29, 0.717) is 4.90 Å². The predicted molar refractivity (Wildman–Crippen MR) is 59.7 cm³/mol. The van der Waals surface area contributed by atoms with Gasteiger partial charge >= 0.3 is 6.09 Å². The van der Waals surface area contributed by atoms with Gasteiger partial charge in [-0.1, -0.05) is 6.07 Å². The van der Waals surface area contributed by atoms with E-state index in [4.69, 9.17) is 10.4 Å².